The van der Waals surface area contributed by atoms with Gasteiger partial charge in [-0.1, -0.05) is 24.3 Å². The van der Waals surface area contributed by atoms with E-state index in [4.69, 9.17) is 0 Å². The van der Waals surface area contributed by atoms with E-state index >= 15 is 0 Å². The molecule has 1 aromatic carbocycles. The Morgan fingerprint density at radius 2 is 1.71 bits per heavy atom. The van der Waals surface area contributed by atoms with Crippen molar-refractivity contribution in [2.45, 2.75) is 25.6 Å². The van der Waals surface area contributed by atoms with Crippen LogP contribution < -0.4 is 0 Å². The smallest absolute Gasteiger partial charge is 0.236 e. The first kappa shape index (κ1) is 18.9. The van der Waals surface area contributed by atoms with Crippen molar-refractivity contribution >= 4 is 5.91 Å². The van der Waals surface area contributed by atoms with Gasteiger partial charge in [-0.25, -0.2) is 0 Å². The van der Waals surface area contributed by atoms with E-state index in [0.29, 0.717) is 19.1 Å². The molecule has 1 fully saturated rings. The van der Waals surface area contributed by atoms with Gasteiger partial charge >= 0.3 is 0 Å². The number of hydrogen-bond acceptors (Lipinski definition) is 4. The maximum atomic E-state index is 12.6. The van der Waals surface area contributed by atoms with E-state index in [9.17, 15) is 4.79 Å². The van der Waals surface area contributed by atoms with Crippen LogP contribution in [0.1, 0.15) is 17.5 Å². The van der Waals surface area contributed by atoms with Crippen LogP contribution in [0.3, 0.4) is 0 Å². The van der Waals surface area contributed by atoms with Gasteiger partial charge in [0.05, 0.1) is 6.54 Å². The molecule has 1 aliphatic heterocycles. The lowest BCUT2D eigenvalue weighted by Gasteiger charge is -2.24. The number of carbonyl (C=O) groups excluding carboxylic acids is 1. The van der Waals surface area contributed by atoms with Crippen LogP contribution in [0.2, 0.25) is 0 Å². The monoisotopic (exact) mass is 332 g/mol. The van der Waals surface area contributed by atoms with E-state index in [2.05, 4.69) is 67.2 Å². The van der Waals surface area contributed by atoms with Gasteiger partial charge in [0, 0.05) is 39.3 Å². The molecule has 1 amide bonds. The molecule has 1 atom stereocenters. The van der Waals surface area contributed by atoms with Crippen molar-refractivity contribution in [3.63, 3.8) is 0 Å². The summed E-state index contributed by atoms with van der Waals surface area (Å²) in [5, 5.41) is 0. The Hall–Kier alpha value is -1.43. The quantitative estimate of drug-likeness (QED) is 0.754. The Bertz CT molecular complexity index is 544. The van der Waals surface area contributed by atoms with Gasteiger partial charge in [0.25, 0.3) is 0 Å². The van der Waals surface area contributed by atoms with Gasteiger partial charge in [-0.3, -0.25) is 9.69 Å². The zero-order chi connectivity index (χ0) is 17.7. The van der Waals surface area contributed by atoms with Gasteiger partial charge in [0.1, 0.15) is 0 Å². The minimum absolute atomic E-state index is 0.203. The fourth-order valence-electron chi connectivity index (χ4n) is 3.24. The van der Waals surface area contributed by atoms with E-state index < -0.39 is 0 Å². The third kappa shape index (κ3) is 5.30. The molecule has 0 aromatic heterocycles. The van der Waals surface area contributed by atoms with Crippen LogP contribution >= 0.6 is 0 Å². The maximum absolute atomic E-state index is 12.6. The molecule has 1 aliphatic rings. The molecular formula is C19H32N4O. The molecule has 5 nitrogen and oxygen atoms in total. The van der Waals surface area contributed by atoms with Crippen LogP contribution in [0.4, 0.5) is 0 Å². The molecule has 0 N–H and O–H groups in total. The van der Waals surface area contributed by atoms with Gasteiger partial charge in [-0.05, 0) is 45.7 Å². The summed E-state index contributed by atoms with van der Waals surface area (Å²) in [6, 6.07) is 8.96. The fraction of sp³-hybridized carbons (Fsp3) is 0.632. The van der Waals surface area contributed by atoms with Crippen LogP contribution in [0.5, 0.6) is 0 Å². The molecule has 1 aromatic rings. The lowest BCUT2D eigenvalue weighted by molar-refractivity contribution is -0.131. The molecule has 134 valence electrons. The number of likely N-dealkylation sites (N-methyl/N-ethyl adjacent to an activating group) is 2. The molecule has 0 unspecified atom stereocenters. The average molecular weight is 332 g/mol. The minimum Gasteiger partial charge on any atom is -0.340 e. The molecule has 0 saturated carbocycles. The Labute approximate surface area is 146 Å². The summed E-state index contributed by atoms with van der Waals surface area (Å²) in [5.41, 5.74) is 2.52. The summed E-state index contributed by atoms with van der Waals surface area (Å²) in [6.45, 7) is 4.10. The summed E-state index contributed by atoms with van der Waals surface area (Å²) in [4.78, 5) is 21.1. The number of rotatable bonds is 7. The standard InChI is InChI=1S/C19H32N4O/c1-20(2)12-16-8-6-7-9-17(16)13-22(5)19(24)15-23-11-10-18(14-23)21(3)4/h6-9,18H,10-15H2,1-5H3/t18-/m0/s1. The molecule has 5 heteroatoms. The Morgan fingerprint density at radius 3 is 2.25 bits per heavy atom. The van der Waals surface area contributed by atoms with Crippen LogP contribution in [-0.2, 0) is 17.9 Å². The highest BCUT2D eigenvalue weighted by molar-refractivity contribution is 5.78. The number of hydrogen-bond donors (Lipinski definition) is 0. The van der Waals surface area contributed by atoms with Gasteiger partial charge in [0.15, 0.2) is 0 Å². The number of carbonyl (C=O) groups is 1. The summed E-state index contributed by atoms with van der Waals surface area (Å²) < 4.78 is 0. The molecule has 0 aliphatic carbocycles. The van der Waals surface area contributed by atoms with Gasteiger partial charge in [-0.15, -0.1) is 0 Å². The van der Waals surface area contributed by atoms with Crippen molar-refractivity contribution in [1.82, 2.24) is 19.6 Å². The molecule has 0 radical (unpaired) electrons. The molecule has 2 rings (SSSR count). The van der Waals surface area contributed by atoms with Crippen molar-refractivity contribution < 1.29 is 4.79 Å². The number of nitrogens with zero attached hydrogens (tertiary/aromatic N) is 4. The van der Waals surface area contributed by atoms with Crippen molar-refractivity contribution in [1.29, 1.82) is 0 Å². The van der Waals surface area contributed by atoms with E-state index in [1.165, 1.54) is 11.1 Å². The zero-order valence-corrected chi connectivity index (χ0v) is 15.8. The van der Waals surface area contributed by atoms with Crippen LogP contribution in [-0.4, -0.2) is 86.4 Å². The summed E-state index contributed by atoms with van der Waals surface area (Å²) in [7, 11) is 10.3. The number of benzene rings is 1. The fourth-order valence-corrected chi connectivity index (χ4v) is 3.24. The summed E-state index contributed by atoms with van der Waals surface area (Å²) >= 11 is 0. The maximum Gasteiger partial charge on any atom is 0.236 e. The lowest BCUT2D eigenvalue weighted by atomic mass is 10.1. The number of amides is 1. The highest BCUT2D eigenvalue weighted by Crippen LogP contribution is 2.15. The van der Waals surface area contributed by atoms with E-state index in [0.717, 1.165) is 26.1 Å². The summed E-state index contributed by atoms with van der Waals surface area (Å²) in [6.07, 6.45) is 1.15. The molecular weight excluding hydrogens is 300 g/mol. The van der Waals surface area contributed by atoms with E-state index in [1.807, 2.05) is 11.9 Å². The molecule has 24 heavy (non-hydrogen) atoms. The van der Waals surface area contributed by atoms with Gasteiger partial charge in [-0.2, -0.15) is 0 Å². The van der Waals surface area contributed by atoms with Gasteiger partial charge < -0.3 is 14.7 Å². The molecule has 0 bridgehead atoms. The third-order valence-electron chi connectivity index (χ3n) is 4.77. The van der Waals surface area contributed by atoms with Crippen molar-refractivity contribution in [2.75, 3.05) is 54.9 Å². The van der Waals surface area contributed by atoms with E-state index in [-0.39, 0.29) is 5.91 Å². The zero-order valence-electron chi connectivity index (χ0n) is 15.8. The molecule has 0 spiro atoms. The van der Waals surface area contributed by atoms with Crippen molar-refractivity contribution in [2.24, 2.45) is 0 Å². The van der Waals surface area contributed by atoms with Crippen molar-refractivity contribution in [3.8, 4) is 0 Å². The van der Waals surface area contributed by atoms with Crippen LogP contribution in [0, 0.1) is 0 Å². The van der Waals surface area contributed by atoms with E-state index in [1.54, 1.807) is 0 Å². The van der Waals surface area contributed by atoms with Crippen LogP contribution in [0.25, 0.3) is 0 Å². The first-order chi connectivity index (χ1) is 11.4. The SMILES string of the molecule is CN(C)Cc1ccccc1CN(C)C(=O)CN1CC[C@H](N(C)C)C1. The van der Waals surface area contributed by atoms with Crippen LogP contribution in [0.15, 0.2) is 24.3 Å². The number of likely N-dealkylation sites (tertiary alicyclic amines) is 1. The Kier molecular flexibility index (Phi) is 6.78. The largest absolute Gasteiger partial charge is 0.340 e. The minimum atomic E-state index is 0.203. The normalized spacial score (nSPS) is 18.5. The second kappa shape index (κ2) is 8.60. The predicted octanol–water partition coefficient (Wildman–Crippen LogP) is 1.34. The van der Waals surface area contributed by atoms with Gasteiger partial charge in [0.2, 0.25) is 5.91 Å². The first-order valence-electron chi connectivity index (χ1n) is 8.71. The lowest BCUT2D eigenvalue weighted by Crippen LogP contribution is -2.39. The predicted molar refractivity (Wildman–Crippen MR) is 98.8 cm³/mol. The average Bonchev–Trinajstić information content (AvgIpc) is 2.97. The molecule has 1 heterocycles. The van der Waals surface area contributed by atoms with Crippen molar-refractivity contribution in [3.05, 3.63) is 35.4 Å². The third-order valence-corrected chi connectivity index (χ3v) is 4.77. The highest BCUT2D eigenvalue weighted by atomic mass is 16.2. The second-order valence-corrected chi connectivity index (χ2v) is 7.40. The Balaban J connectivity index is 1.90. The topological polar surface area (TPSA) is 30.0 Å². The second-order valence-electron chi connectivity index (χ2n) is 7.40. The first-order valence-corrected chi connectivity index (χ1v) is 8.71. The molecule has 1 saturated heterocycles. The highest BCUT2D eigenvalue weighted by Gasteiger charge is 2.26. The Morgan fingerprint density at radius 1 is 1.08 bits per heavy atom. The summed E-state index contributed by atoms with van der Waals surface area (Å²) in [5.74, 6) is 0.203.